The molecule has 1 aromatic carbocycles. The Hall–Kier alpha value is -1.65. The lowest BCUT2D eigenvalue weighted by Crippen LogP contribution is -2.46. The van der Waals surface area contributed by atoms with Crippen molar-refractivity contribution in [2.75, 3.05) is 13.2 Å². The highest BCUT2D eigenvalue weighted by Gasteiger charge is 2.30. The largest absolute Gasteiger partial charge is 0.394 e. The molecule has 0 spiro atoms. The first-order chi connectivity index (χ1) is 10.2. The molecule has 2 N–H and O–H groups in total. The average molecular weight is 287 g/mol. The predicted octanol–water partition coefficient (Wildman–Crippen LogP) is 2.47. The zero-order valence-corrected chi connectivity index (χ0v) is 12.9. The summed E-state index contributed by atoms with van der Waals surface area (Å²) in [6.07, 6.45) is 5.74. The molecule has 0 aliphatic carbocycles. The molecule has 0 saturated carbocycles. The van der Waals surface area contributed by atoms with Crippen molar-refractivity contribution in [1.82, 2.24) is 15.1 Å². The second-order valence-electron chi connectivity index (χ2n) is 5.56. The van der Waals surface area contributed by atoms with Gasteiger partial charge in [-0.1, -0.05) is 37.3 Å². The standard InChI is InChI=1S/C17H25N3O/c1-3-10-18-17(14-21,16-7-5-4-6-8-16)9-11-20-13-15(2)12-19-20/h4-8,12-13,18,21H,3,9-11,14H2,1-2H3. The maximum absolute atomic E-state index is 10.0. The number of nitrogens with one attached hydrogen (secondary N) is 1. The molecule has 0 saturated heterocycles. The summed E-state index contributed by atoms with van der Waals surface area (Å²) in [7, 11) is 0. The van der Waals surface area contributed by atoms with Crippen molar-refractivity contribution in [3.05, 3.63) is 53.9 Å². The first-order valence-electron chi connectivity index (χ1n) is 7.60. The smallest absolute Gasteiger partial charge is 0.0686 e. The normalized spacial score (nSPS) is 14.0. The summed E-state index contributed by atoms with van der Waals surface area (Å²) in [6, 6.07) is 10.2. The van der Waals surface area contributed by atoms with E-state index in [2.05, 4.69) is 29.5 Å². The van der Waals surface area contributed by atoms with Gasteiger partial charge in [-0.25, -0.2) is 0 Å². The zero-order valence-electron chi connectivity index (χ0n) is 12.9. The third-order valence-electron chi connectivity index (χ3n) is 3.84. The predicted molar refractivity (Wildman–Crippen MR) is 85.1 cm³/mol. The molecule has 0 aliphatic heterocycles. The minimum Gasteiger partial charge on any atom is -0.394 e. The highest BCUT2D eigenvalue weighted by Crippen LogP contribution is 2.25. The molecule has 4 heteroatoms. The van der Waals surface area contributed by atoms with Gasteiger partial charge in [-0.15, -0.1) is 0 Å². The lowest BCUT2D eigenvalue weighted by molar-refractivity contribution is 0.144. The maximum atomic E-state index is 10.0. The number of aryl methyl sites for hydroxylation is 2. The van der Waals surface area contributed by atoms with Gasteiger partial charge in [0.1, 0.15) is 0 Å². The fourth-order valence-electron chi connectivity index (χ4n) is 2.58. The topological polar surface area (TPSA) is 50.1 Å². The Kier molecular flexibility index (Phi) is 5.53. The number of aromatic nitrogens is 2. The summed E-state index contributed by atoms with van der Waals surface area (Å²) < 4.78 is 1.94. The summed E-state index contributed by atoms with van der Waals surface area (Å²) in [5.41, 5.74) is 1.88. The lowest BCUT2D eigenvalue weighted by Gasteiger charge is -2.34. The lowest BCUT2D eigenvalue weighted by atomic mass is 9.87. The Balaban J connectivity index is 2.18. The number of hydrogen-bond donors (Lipinski definition) is 2. The maximum Gasteiger partial charge on any atom is 0.0686 e. The van der Waals surface area contributed by atoms with Crippen LogP contribution >= 0.6 is 0 Å². The van der Waals surface area contributed by atoms with E-state index in [0.29, 0.717) is 0 Å². The molecule has 1 unspecified atom stereocenters. The minimum atomic E-state index is -0.406. The molecular formula is C17H25N3O. The van der Waals surface area contributed by atoms with Gasteiger partial charge in [0.2, 0.25) is 0 Å². The SMILES string of the molecule is CCCNC(CO)(CCn1cc(C)cn1)c1ccccc1. The summed E-state index contributed by atoms with van der Waals surface area (Å²) in [6.45, 7) is 5.91. The fraction of sp³-hybridized carbons (Fsp3) is 0.471. The van der Waals surface area contributed by atoms with Crippen LogP contribution in [0.4, 0.5) is 0 Å². The van der Waals surface area contributed by atoms with Crippen molar-refractivity contribution in [1.29, 1.82) is 0 Å². The van der Waals surface area contributed by atoms with E-state index < -0.39 is 5.54 Å². The highest BCUT2D eigenvalue weighted by atomic mass is 16.3. The van der Waals surface area contributed by atoms with Gasteiger partial charge in [0, 0.05) is 12.7 Å². The van der Waals surface area contributed by atoms with Crippen LogP contribution in [-0.2, 0) is 12.1 Å². The van der Waals surface area contributed by atoms with Crippen LogP contribution in [-0.4, -0.2) is 28.0 Å². The number of hydrogen-bond acceptors (Lipinski definition) is 3. The van der Waals surface area contributed by atoms with Crippen molar-refractivity contribution in [3.8, 4) is 0 Å². The summed E-state index contributed by atoms with van der Waals surface area (Å²) in [5.74, 6) is 0. The molecule has 1 atom stereocenters. The van der Waals surface area contributed by atoms with Gasteiger partial charge in [0.05, 0.1) is 18.3 Å². The number of rotatable bonds is 8. The van der Waals surface area contributed by atoms with Gasteiger partial charge in [-0.05, 0) is 37.4 Å². The van der Waals surface area contributed by atoms with Gasteiger partial charge in [-0.3, -0.25) is 4.68 Å². The molecule has 0 aliphatic rings. The van der Waals surface area contributed by atoms with Gasteiger partial charge in [0.15, 0.2) is 0 Å². The van der Waals surface area contributed by atoms with Gasteiger partial charge in [0.25, 0.3) is 0 Å². The molecular weight excluding hydrogens is 262 g/mol. The van der Waals surface area contributed by atoms with E-state index in [0.717, 1.165) is 37.1 Å². The van der Waals surface area contributed by atoms with Crippen molar-refractivity contribution in [2.24, 2.45) is 0 Å². The number of aliphatic hydroxyl groups excluding tert-OH is 1. The molecule has 0 radical (unpaired) electrons. The molecule has 2 aromatic rings. The molecule has 1 aromatic heterocycles. The zero-order chi connectivity index (χ0) is 15.1. The monoisotopic (exact) mass is 287 g/mol. The average Bonchev–Trinajstić information content (AvgIpc) is 2.95. The van der Waals surface area contributed by atoms with Crippen molar-refractivity contribution >= 4 is 0 Å². The van der Waals surface area contributed by atoms with Gasteiger partial charge >= 0.3 is 0 Å². The van der Waals surface area contributed by atoms with Crippen LogP contribution in [0.25, 0.3) is 0 Å². The van der Waals surface area contributed by atoms with Crippen LogP contribution in [0.5, 0.6) is 0 Å². The van der Waals surface area contributed by atoms with Crippen molar-refractivity contribution in [3.63, 3.8) is 0 Å². The second-order valence-corrected chi connectivity index (χ2v) is 5.56. The van der Waals surface area contributed by atoms with E-state index in [-0.39, 0.29) is 6.61 Å². The quantitative estimate of drug-likeness (QED) is 0.784. The van der Waals surface area contributed by atoms with E-state index in [9.17, 15) is 5.11 Å². The fourth-order valence-corrected chi connectivity index (χ4v) is 2.58. The Morgan fingerprint density at radius 2 is 2.05 bits per heavy atom. The van der Waals surface area contributed by atoms with Crippen molar-refractivity contribution in [2.45, 2.75) is 38.8 Å². The van der Waals surface area contributed by atoms with Crippen LogP contribution < -0.4 is 5.32 Å². The first-order valence-corrected chi connectivity index (χ1v) is 7.60. The molecule has 21 heavy (non-hydrogen) atoms. The summed E-state index contributed by atoms with van der Waals surface area (Å²) in [4.78, 5) is 0. The van der Waals surface area contributed by atoms with Crippen molar-refractivity contribution < 1.29 is 5.11 Å². The van der Waals surface area contributed by atoms with E-state index in [4.69, 9.17) is 0 Å². The molecule has 114 valence electrons. The van der Waals surface area contributed by atoms with E-state index in [1.807, 2.05) is 42.2 Å². The third-order valence-corrected chi connectivity index (χ3v) is 3.84. The van der Waals surface area contributed by atoms with Crippen LogP contribution in [0, 0.1) is 6.92 Å². The number of nitrogens with zero attached hydrogens (tertiary/aromatic N) is 2. The molecule has 2 rings (SSSR count). The van der Waals surface area contributed by atoms with E-state index in [1.165, 1.54) is 0 Å². The highest BCUT2D eigenvalue weighted by molar-refractivity contribution is 5.24. The van der Waals surface area contributed by atoms with Crippen LogP contribution in [0.15, 0.2) is 42.7 Å². The molecule has 0 amide bonds. The molecule has 4 nitrogen and oxygen atoms in total. The van der Waals surface area contributed by atoms with Crippen LogP contribution in [0.1, 0.15) is 30.9 Å². The Morgan fingerprint density at radius 3 is 2.62 bits per heavy atom. The van der Waals surface area contributed by atoms with Crippen LogP contribution in [0.3, 0.4) is 0 Å². The molecule has 1 heterocycles. The third kappa shape index (κ3) is 3.93. The summed E-state index contributed by atoms with van der Waals surface area (Å²) in [5, 5.41) is 17.9. The molecule has 0 fully saturated rings. The van der Waals surface area contributed by atoms with Gasteiger partial charge < -0.3 is 10.4 Å². The van der Waals surface area contributed by atoms with E-state index >= 15 is 0 Å². The Labute approximate surface area is 126 Å². The van der Waals surface area contributed by atoms with Crippen LogP contribution in [0.2, 0.25) is 0 Å². The number of aliphatic hydroxyl groups is 1. The number of benzene rings is 1. The van der Waals surface area contributed by atoms with E-state index in [1.54, 1.807) is 0 Å². The Bertz CT molecular complexity index is 538. The Morgan fingerprint density at radius 1 is 1.29 bits per heavy atom. The van der Waals surface area contributed by atoms with Gasteiger partial charge in [-0.2, -0.15) is 5.10 Å². The molecule has 0 bridgehead atoms. The minimum absolute atomic E-state index is 0.0806. The summed E-state index contributed by atoms with van der Waals surface area (Å²) >= 11 is 0. The second kappa shape index (κ2) is 7.38. The first kappa shape index (κ1) is 15.7.